The number of carbonyl (C=O) groups is 9. The fraction of sp³-hybridized carbons (Fsp3) is 0.780. The lowest BCUT2D eigenvalue weighted by atomic mass is 9.94. The quantitative estimate of drug-likeness (QED) is 0.0357. The molecule has 0 aliphatic heterocycles. The van der Waals surface area contributed by atoms with E-state index in [1.165, 1.54) is 25.7 Å². The maximum atomic E-state index is 12.6. The third-order valence-corrected chi connectivity index (χ3v) is 10.0. The summed E-state index contributed by atoms with van der Waals surface area (Å²) in [5.74, 6) is -9.74. The Balaban J connectivity index is 4.35. The van der Waals surface area contributed by atoms with Crippen LogP contribution >= 0.6 is 0 Å². The van der Waals surface area contributed by atoms with Crippen LogP contribution in [0.25, 0.3) is 0 Å². The fourth-order valence-corrected chi connectivity index (χ4v) is 6.32. The van der Waals surface area contributed by atoms with Gasteiger partial charge in [0.25, 0.3) is 0 Å². The second-order valence-electron chi connectivity index (χ2n) is 15.2. The maximum Gasteiger partial charge on any atom is 0.326 e. The van der Waals surface area contributed by atoms with E-state index in [9.17, 15) is 58.5 Å². The fourth-order valence-electron chi connectivity index (χ4n) is 6.32. The SMILES string of the molecule is C[C@@H](CCCCNC(=O)CC[C@H](NC(=O)CC[C@H](CC(=O)CC[C@H](NC(=O)CCCCCCCCCCCCCCCCC(=O)O)C(=O)O)C(=O)O)C(=O)O)C(=O)O. The zero-order valence-electron chi connectivity index (χ0n) is 34.3. The summed E-state index contributed by atoms with van der Waals surface area (Å²) in [5, 5.41) is 53.6. The normalized spacial score (nSPS) is 13.1. The lowest BCUT2D eigenvalue weighted by Gasteiger charge is -2.17. The van der Waals surface area contributed by atoms with Crippen LogP contribution in [0, 0.1) is 11.8 Å². The molecule has 0 aromatic carbocycles. The molecule has 0 bridgehead atoms. The van der Waals surface area contributed by atoms with Gasteiger partial charge in [-0.2, -0.15) is 0 Å². The molecule has 0 aliphatic rings. The number of carbonyl (C=O) groups excluding carboxylic acids is 4. The molecule has 0 saturated carbocycles. The van der Waals surface area contributed by atoms with Crippen molar-refractivity contribution in [1.82, 2.24) is 16.0 Å². The molecule has 0 rings (SSSR count). The molecule has 0 unspecified atom stereocenters. The van der Waals surface area contributed by atoms with Crippen LogP contribution < -0.4 is 16.0 Å². The molecule has 332 valence electrons. The van der Waals surface area contributed by atoms with E-state index in [1.807, 2.05) is 0 Å². The summed E-state index contributed by atoms with van der Waals surface area (Å²) in [6.45, 7) is 1.87. The van der Waals surface area contributed by atoms with E-state index in [4.69, 9.17) is 10.2 Å². The van der Waals surface area contributed by atoms with Gasteiger partial charge in [-0.05, 0) is 44.9 Å². The van der Waals surface area contributed by atoms with Gasteiger partial charge in [-0.3, -0.25) is 33.6 Å². The number of rotatable bonds is 39. The van der Waals surface area contributed by atoms with Crippen molar-refractivity contribution >= 4 is 53.4 Å². The number of hydrogen-bond acceptors (Lipinski definition) is 9. The Bertz CT molecular complexity index is 1290. The first-order chi connectivity index (χ1) is 27.5. The molecule has 4 atom stereocenters. The average molecular weight is 828 g/mol. The van der Waals surface area contributed by atoms with Crippen molar-refractivity contribution in [2.75, 3.05) is 6.54 Å². The smallest absolute Gasteiger partial charge is 0.326 e. The number of carboxylic acid groups (broad SMARTS) is 5. The number of hydrogen-bond donors (Lipinski definition) is 8. The average Bonchev–Trinajstić information content (AvgIpc) is 3.15. The van der Waals surface area contributed by atoms with Crippen molar-refractivity contribution in [1.29, 1.82) is 0 Å². The number of aliphatic carboxylic acids is 5. The molecule has 17 heteroatoms. The molecule has 0 heterocycles. The van der Waals surface area contributed by atoms with Gasteiger partial charge in [-0.15, -0.1) is 0 Å². The molecule has 0 radical (unpaired) electrons. The number of amides is 3. The highest BCUT2D eigenvalue weighted by molar-refractivity contribution is 5.87. The van der Waals surface area contributed by atoms with E-state index in [1.54, 1.807) is 6.92 Å². The van der Waals surface area contributed by atoms with E-state index in [-0.39, 0.29) is 51.5 Å². The van der Waals surface area contributed by atoms with Gasteiger partial charge in [0.15, 0.2) is 0 Å². The van der Waals surface area contributed by atoms with Crippen molar-refractivity contribution in [2.45, 2.75) is 186 Å². The van der Waals surface area contributed by atoms with Gasteiger partial charge >= 0.3 is 29.8 Å². The monoisotopic (exact) mass is 827 g/mol. The van der Waals surface area contributed by atoms with Gasteiger partial charge < -0.3 is 41.5 Å². The highest BCUT2D eigenvalue weighted by atomic mass is 16.4. The van der Waals surface area contributed by atoms with Crippen LogP contribution in [0.15, 0.2) is 0 Å². The van der Waals surface area contributed by atoms with E-state index >= 15 is 0 Å². The minimum atomic E-state index is -1.42. The molecule has 0 saturated heterocycles. The van der Waals surface area contributed by atoms with Gasteiger partial charge in [0.05, 0.1) is 11.8 Å². The van der Waals surface area contributed by atoms with Crippen molar-refractivity contribution in [2.24, 2.45) is 11.8 Å². The van der Waals surface area contributed by atoms with Crippen LogP contribution in [0.4, 0.5) is 0 Å². The first-order valence-corrected chi connectivity index (χ1v) is 21.0. The van der Waals surface area contributed by atoms with Crippen molar-refractivity contribution in [3.63, 3.8) is 0 Å². The Morgan fingerprint density at radius 3 is 1.29 bits per heavy atom. The molecule has 17 nitrogen and oxygen atoms in total. The Hall–Kier alpha value is -4.57. The summed E-state index contributed by atoms with van der Waals surface area (Å²) in [4.78, 5) is 106. The summed E-state index contributed by atoms with van der Waals surface area (Å²) in [7, 11) is 0. The van der Waals surface area contributed by atoms with Gasteiger partial charge in [-0.25, -0.2) is 9.59 Å². The van der Waals surface area contributed by atoms with Crippen LogP contribution in [0.5, 0.6) is 0 Å². The maximum absolute atomic E-state index is 12.6. The predicted molar refractivity (Wildman–Crippen MR) is 213 cm³/mol. The second-order valence-corrected chi connectivity index (χ2v) is 15.2. The molecule has 3 amide bonds. The zero-order chi connectivity index (χ0) is 43.7. The summed E-state index contributed by atoms with van der Waals surface area (Å²) in [6, 6.07) is -2.74. The molecule has 0 spiro atoms. The Labute approximate surface area is 341 Å². The van der Waals surface area contributed by atoms with Crippen LogP contribution in [-0.4, -0.2) is 97.5 Å². The van der Waals surface area contributed by atoms with Crippen LogP contribution in [-0.2, 0) is 43.2 Å². The van der Waals surface area contributed by atoms with E-state index in [0.717, 1.165) is 57.8 Å². The lowest BCUT2D eigenvalue weighted by molar-refractivity contribution is -0.145. The summed E-state index contributed by atoms with van der Waals surface area (Å²) in [6.07, 6.45) is 14.2. The number of carboxylic acids is 5. The number of unbranched alkanes of at least 4 members (excludes halogenated alkanes) is 14. The summed E-state index contributed by atoms with van der Waals surface area (Å²) in [5.41, 5.74) is 0. The van der Waals surface area contributed by atoms with E-state index < -0.39 is 90.1 Å². The van der Waals surface area contributed by atoms with Crippen LogP contribution in [0.2, 0.25) is 0 Å². The molecule has 0 aromatic rings. The number of Topliss-reactive ketones (excluding diaryl/α,β-unsaturated/α-hetero) is 1. The highest BCUT2D eigenvalue weighted by Gasteiger charge is 2.27. The number of nitrogens with one attached hydrogen (secondary N) is 3. The third kappa shape index (κ3) is 30.6. The lowest BCUT2D eigenvalue weighted by Crippen LogP contribution is -2.42. The van der Waals surface area contributed by atoms with Gasteiger partial charge in [0, 0.05) is 45.1 Å². The van der Waals surface area contributed by atoms with Gasteiger partial charge in [0.1, 0.15) is 17.9 Å². The van der Waals surface area contributed by atoms with Crippen molar-refractivity contribution in [3.8, 4) is 0 Å². The van der Waals surface area contributed by atoms with Gasteiger partial charge in [0.2, 0.25) is 17.7 Å². The predicted octanol–water partition coefficient (Wildman–Crippen LogP) is 5.46. The molecular weight excluding hydrogens is 758 g/mol. The van der Waals surface area contributed by atoms with E-state index in [0.29, 0.717) is 25.7 Å². The molecule has 58 heavy (non-hydrogen) atoms. The van der Waals surface area contributed by atoms with Gasteiger partial charge in [-0.1, -0.05) is 90.4 Å². The first-order valence-electron chi connectivity index (χ1n) is 21.0. The molecule has 0 aliphatic carbocycles. The Morgan fingerprint density at radius 1 is 0.414 bits per heavy atom. The third-order valence-electron chi connectivity index (χ3n) is 10.0. The highest BCUT2D eigenvalue weighted by Crippen LogP contribution is 2.17. The largest absolute Gasteiger partial charge is 0.481 e. The first kappa shape index (κ1) is 53.4. The molecule has 8 N–H and O–H groups in total. The summed E-state index contributed by atoms with van der Waals surface area (Å²) < 4.78 is 0. The minimum absolute atomic E-state index is 0.143. The summed E-state index contributed by atoms with van der Waals surface area (Å²) >= 11 is 0. The van der Waals surface area contributed by atoms with E-state index in [2.05, 4.69) is 16.0 Å². The van der Waals surface area contributed by atoms with Crippen molar-refractivity contribution in [3.05, 3.63) is 0 Å². The topological polar surface area (TPSA) is 291 Å². The Kier molecular flexibility index (Phi) is 30.8. The minimum Gasteiger partial charge on any atom is -0.481 e. The molecule has 0 aromatic heterocycles. The van der Waals surface area contributed by atoms with Crippen LogP contribution in [0.1, 0.15) is 174 Å². The molecular formula is C41H69N3O14. The number of ketones is 1. The van der Waals surface area contributed by atoms with Crippen molar-refractivity contribution < 1.29 is 68.7 Å². The second kappa shape index (κ2) is 33.4. The van der Waals surface area contributed by atoms with Crippen LogP contribution in [0.3, 0.4) is 0 Å². The zero-order valence-corrected chi connectivity index (χ0v) is 34.3. The molecule has 0 fully saturated rings. The Morgan fingerprint density at radius 2 is 0.845 bits per heavy atom. The standard InChI is InChI=1S/C41H69N3O14/c1-29(38(51)52)18-16-17-27-42-34(46)26-24-33(41(57)58)44-36(48)25-21-30(39(53)54)28-31(45)22-23-32(40(55)56)43-35(47)19-14-12-10-8-6-4-2-3-5-7-9-11-13-15-20-37(49)50/h29-30,32-33H,2-28H2,1H3,(H,42,46)(H,43,47)(H,44,48)(H,49,50)(H,51,52)(H,53,54)(H,55,56)(H,57,58)/t29-,30+,32-,33-/m0/s1.